The van der Waals surface area contributed by atoms with Crippen molar-refractivity contribution in [2.45, 2.75) is 26.9 Å². The number of nitrogens with one attached hydrogen (secondary N) is 2. The van der Waals surface area contributed by atoms with Crippen LogP contribution in [0.3, 0.4) is 0 Å². The van der Waals surface area contributed by atoms with Crippen LogP contribution in [0.5, 0.6) is 0 Å². The first-order valence-electron chi connectivity index (χ1n) is 10.1. The molecular formula is C23H22N4O4S. The van der Waals surface area contributed by atoms with Crippen molar-refractivity contribution in [2.75, 3.05) is 0 Å². The van der Waals surface area contributed by atoms with Crippen LogP contribution >= 0.6 is 11.5 Å². The summed E-state index contributed by atoms with van der Waals surface area (Å²) in [5, 5.41) is 12.9. The molecule has 0 unspecified atom stereocenters. The summed E-state index contributed by atoms with van der Waals surface area (Å²) in [6, 6.07) is 14.9. The zero-order chi connectivity index (χ0) is 22.8. The molecule has 8 nitrogen and oxygen atoms in total. The van der Waals surface area contributed by atoms with Crippen molar-refractivity contribution >= 4 is 28.4 Å². The summed E-state index contributed by atoms with van der Waals surface area (Å²) in [6.45, 7) is 4.45. The van der Waals surface area contributed by atoms with E-state index in [4.69, 9.17) is 0 Å². The van der Waals surface area contributed by atoms with Gasteiger partial charge in [0.05, 0.1) is 6.54 Å². The minimum absolute atomic E-state index is 0.0186. The maximum absolute atomic E-state index is 13.5. The maximum Gasteiger partial charge on any atom is 0.404 e. The molecule has 0 saturated carbocycles. The molecule has 0 spiro atoms. The molecule has 0 bridgehead atoms. The van der Waals surface area contributed by atoms with E-state index in [0.29, 0.717) is 34.4 Å². The minimum Gasteiger partial charge on any atom is -0.465 e. The number of benzene rings is 2. The van der Waals surface area contributed by atoms with E-state index >= 15 is 0 Å². The highest BCUT2D eigenvalue weighted by Gasteiger charge is 2.20. The van der Waals surface area contributed by atoms with Crippen LogP contribution in [0.2, 0.25) is 0 Å². The second-order valence-electron chi connectivity index (χ2n) is 7.86. The molecule has 1 amide bonds. The highest BCUT2D eigenvalue weighted by Crippen LogP contribution is 2.33. The Labute approximate surface area is 187 Å². The Morgan fingerprint density at radius 2 is 1.88 bits per heavy atom. The van der Waals surface area contributed by atoms with Crippen molar-refractivity contribution in [3.63, 3.8) is 0 Å². The van der Waals surface area contributed by atoms with E-state index in [9.17, 15) is 19.5 Å². The van der Waals surface area contributed by atoms with Crippen LogP contribution in [0.4, 0.5) is 4.79 Å². The second-order valence-corrected chi connectivity index (χ2v) is 8.60. The van der Waals surface area contributed by atoms with Gasteiger partial charge in [0.15, 0.2) is 5.82 Å². The molecule has 9 heteroatoms. The smallest absolute Gasteiger partial charge is 0.404 e. The van der Waals surface area contributed by atoms with Crippen LogP contribution in [-0.4, -0.2) is 25.1 Å². The quantitative estimate of drug-likeness (QED) is 0.412. The fraction of sp³-hybridized carbons (Fsp3) is 0.217. The molecule has 2 aromatic carbocycles. The normalized spacial score (nSPS) is 11.2. The first-order chi connectivity index (χ1) is 15.3. The van der Waals surface area contributed by atoms with Crippen molar-refractivity contribution < 1.29 is 9.90 Å². The van der Waals surface area contributed by atoms with Crippen molar-refractivity contribution in [3.8, 4) is 22.5 Å². The number of aromatic amines is 1. The van der Waals surface area contributed by atoms with Gasteiger partial charge in [0.1, 0.15) is 0 Å². The number of fused-ring (bicyclic) bond motifs is 1. The fourth-order valence-corrected chi connectivity index (χ4v) is 4.29. The zero-order valence-electron chi connectivity index (χ0n) is 17.6. The molecule has 32 heavy (non-hydrogen) atoms. The highest BCUT2D eigenvalue weighted by molar-refractivity contribution is 7.03. The molecule has 4 aromatic rings. The standard InChI is InChI=1S/C23H22N4O4S/c1-13(2)12-27-18(11-24-22(29)30)19(14-6-4-3-5-7-14)17-10-15(8-9-16(17)21(27)28)20-25-23(31)32-26-20/h3-10,13,24H,11-12H2,1-2H3,(H,29,30)(H,25,26,31). The summed E-state index contributed by atoms with van der Waals surface area (Å²) < 4.78 is 5.82. The van der Waals surface area contributed by atoms with E-state index in [0.717, 1.165) is 22.7 Å². The number of amides is 1. The van der Waals surface area contributed by atoms with E-state index in [2.05, 4.69) is 14.7 Å². The Hall–Kier alpha value is -3.72. The van der Waals surface area contributed by atoms with Gasteiger partial charge >= 0.3 is 11.0 Å². The Balaban J connectivity index is 2.09. The Kier molecular flexibility index (Phi) is 5.91. The molecule has 0 atom stereocenters. The third kappa shape index (κ3) is 4.19. The summed E-state index contributed by atoms with van der Waals surface area (Å²) in [7, 11) is 0. The molecule has 164 valence electrons. The average molecular weight is 451 g/mol. The molecule has 0 radical (unpaired) electrons. The first-order valence-corrected chi connectivity index (χ1v) is 10.9. The topological polar surface area (TPSA) is 117 Å². The average Bonchev–Trinajstić information content (AvgIpc) is 3.20. The number of aromatic nitrogens is 3. The predicted octanol–water partition coefficient (Wildman–Crippen LogP) is 3.90. The molecule has 0 aliphatic carbocycles. The Morgan fingerprint density at radius 3 is 2.50 bits per heavy atom. The lowest BCUT2D eigenvalue weighted by molar-refractivity contribution is 0.193. The molecule has 3 N–H and O–H groups in total. The predicted molar refractivity (Wildman–Crippen MR) is 125 cm³/mol. The molecule has 4 rings (SSSR count). The summed E-state index contributed by atoms with van der Waals surface area (Å²) in [4.78, 5) is 38.8. The molecular weight excluding hydrogens is 428 g/mol. The van der Waals surface area contributed by atoms with E-state index in [-0.39, 0.29) is 22.9 Å². The van der Waals surface area contributed by atoms with Crippen LogP contribution in [0, 0.1) is 5.92 Å². The number of H-pyrrole nitrogens is 1. The van der Waals surface area contributed by atoms with Crippen molar-refractivity contribution in [2.24, 2.45) is 5.92 Å². The van der Waals surface area contributed by atoms with Gasteiger partial charge in [0.2, 0.25) is 0 Å². The largest absolute Gasteiger partial charge is 0.465 e. The lowest BCUT2D eigenvalue weighted by atomic mass is 9.94. The van der Waals surface area contributed by atoms with Gasteiger partial charge in [-0.3, -0.25) is 14.6 Å². The minimum atomic E-state index is -1.17. The van der Waals surface area contributed by atoms with Gasteiger partial charge in [-0.25, -0.2) is 4.79 Å². The number of carboxylic acid groups (broad SMARTS) is 1. The maximum atomic E-state index is 13.5. The number of nitrogens with zero attached hydrogens (tertiary/aromatic N) is 2. The van der Waals surface area contributed by atoms with Gasteiger partial charge in [0, 0.05) is 40.3 Å². The molecule has 0 saturated heterocycles. The summed E-state index contributed by atoms with van der Waals surface area (Å²) in [5.41, 5.74) is 2.71. The van der Waals surface area contributed by atoms with Gasteiger partial charge in [-0.05, 0) is 29.0 Å². The Bertz CT molecular complexity index is 1400. The fourth-order valence-electron chi connectivity index (χ4n) is 3.83. The summed E-state index contributed by atoms with van der Waals surface area (Å²) in [5.74, 6) is 0.606. The van der Waals surface area contributed by atoms with E-state index < -0.39 is 6.09 Å². The van der Waals surface area contributed by atoms with Gasteiger partial charge in [-0.2, -0.15) is 4.37 Å². The number of hydrogen-bond donors (Lipinski definition) is 3. The van der Waals surface area contributed by atoms with Crippen LogP contribution in [0.25, 0.3) is 33.3 Å². The van der Waals surface area contributed by atoms with E-state index in [1.165, 1.54) is 0 Å². The number of rotatable bonds is 6. The van der Waals surface area contributed by atoms with Crippen LogP contribution in [0.1, 0.15) is 19.5 Å². The van der Waals surface area contributed by atoms with Crippen molar-refractivity contribution in [3.05, 3.63) is 74.2 Å². The molecule has 0 fully saturated rings. The third-order valence-corrected chi connectivity index (χ3v) is 5.65. The van der Waals surface area contributed by atoms with Gasteiger partial charge in [0.25, 0.3) is 5.56 Å². The molecule has 2 heterocycles. The lowest BCUT2D eigenvalue weighted by Gasteiger charge is -2.21. The number of carbonyl (C=O) groups is 1. The Morgan fingerprint density at radius 1 is 1.12 bits per heavy atom. The van der Waals surface area contributed by atoms with Crippen molar-refractivity contribution in [1.29, 1.82) is 0 Å². The number of hydrogen-bond acceptors (Lipinski definition) is 5. The lowest BCUT2D eigenvalue weighted by Crippen LogP contribution is -2.31. The molecule has 2 aromatic heterocycles. The van der Waals surface area contributed by atoms with Crippen LogP contribution < -0.4 is 15.7 Å². The first kappa shape index (κ1) is 21.5. The molecule has 0 aliphatic heterocycles. The van der Waals surface area contributed by atoms with Crippen LogP contribution in [0.15, 0.2) is 58.1 Å². The summed E-state index contributed by atoms with van der Waals surface area (Å²) in [6.07, 6.45) is -1.17. The van der Waals surface area contributed by atoms with E-state index in [1.807, 2.05) is 50.2 Å². The SMILES string of the molecule is CC(C)Cn1c(CNC(=O)O)c(-c2ccccc2)c2cc(-c3nsc(=O)[nH]3)ccc2c1=O. The number of pyridine rings is 1. The monoisotopic (exact) mass is 450 g/mol. The van der Waals surface area contributed by atoms with Gasteiger partial charge < -0.3 is 15.0 Å². The second kappa shape index (κ2) is 8.80. The van der Waals surface area contributed by atoms with E-state index in [1.54, 1.807) is 16.7 Å². The van der Waals surface area contributed by atoms with Gasteiger partial charge in [-0.1, -0.05) is 50.2 Å². The van der Waals surface area contributed by atoms with Crippen LogP contribution in [-0.2, 0) is 13.1 Å². The highest BCUT2D eigenvalue weighted by atomic mass is 32.1. The zero-order valence-corrected chi connectivity index (χ0v) is 18.4. The van der Waals surface area contributed by atoms with Crippen molar-refractivity contribution in [1.82, 2.24) is 19.2 Å². The van der Waals surface area contributed by atoms with Gasteiger partial charge in [-0.15, -0.1) is 0 Å². The third-order valence-electron chi connectivity index (χ3n) is 5.11. The molecule has 0 aliphatic rings. The summed E-state index contributed by atoms with van der Waals surface area (Å²) >= 11 is 0.830.